The van der Waals surface area contributed by atoms with E-state index < -0.39 is 12.0 Å². The van der Waals surface area contributed by atoms with Gasteiger partial charge in [0, 0.05) is 11.6 Å². The van der Waals surface area contributed by atoms with Gasteiger partial charge in [0.15, 0.2) is 0 Å². The summed E-state index contributed by atoms with van der Waals surface area (Å²) < 4.78 is 0. The highest BCUT2D eigenvalue weighted by Gasteiger charge is 2.14. The largest absolute Gasteiger partial charge is 0.480 e. The molecule has 0 amide bonds. The third-order valence-electron chi connectivity index (χ3n) is 2.26. The summed E-state index contributed by atoms with van der Waals surface area (Å²) in [7, 11) is 0. The summed E-state index contributed by atoms with van der Waals surface area (Å²) in [6, 6.07) is 7.99. The Morgan fingerprint density at radius 1 is 1.40 bits per heavy atom. The topological polar surface area (TPSA) is 76.2 Å². The normalized spacial score (nSPS) is 12.6. The van der Waals surface area contributed by atoms with Gasteiger partial charge in [-0.2, -0.15) is 0 Å². The third-order valence-corrected chi connectivity index (χ3v) is 2.26. The fraction of sp³-hybridized carbons (Fsp3) is 0.0909. The van der Waals surface area contributed by atoms with E-state index in [2.05, 4.69) is 4.98 Å². The van der Waals surface area contributed by atoms with Crippen molar-refractivity contribution in [2.45, 2.75) is 6.04 Å². The van der Waals surface area contributed by atoms with E-state index in [0.717, 1.165) is 10.9 Å². The van der Waals surface area contributed by atoms with Crippen LogP contribution in [0.15, 0.2) is 36.5 Å². The number of aromatic nitrogens is 1. The van der Waals surface area contributed by atoms with Gasteiger partial charge in [-0.05, 0) is 17.7 Å². The SMILES string of the molecule is N[C@H](C(=O)O)c1ccc2cccnc2c1. The van der Waals surface area contributed by atoms with Crippen molar-refractivity contribution in [3.05, 3.63) is 42.1 Å². The number of aliphatic carboxylic acids is 1. The Morgan fingerprint density at radius 2 is 2.20 bits per heavy atom. The number of carboxylic acid groups (broad SMARTS) is 1. The number of hydrogen-bond donors (Lipinski definition) is 2. The molecule has 0 fully saturated rings. The zero-order valence-electron chi connectivity index (χ0n) is 7.92. The molecule has 0 aliphatic rings. The number of rotatable bonds is 2. The van der Waals surface area contributed by atoms with Crippen LogP contribution in [0.1, 0.15) is 11.6 Å². The van der Waals surface area contributed by atoms with Crippen LogP contribution < -0.4 is 5.73 Å². The summed E-state index contributed by atoms with van der Waals surface area (Å²) in [6.07, 6.45) is 1.67. The van der Waals surface area contributed by atoms with Gasteiger partial charge in [0.1, 0.15) is 6.04 Å². The number of pyridine rings is 1. The molecule has 2 aromatic rings. The van der Waals surface area contributed by atoms with E-state index in [0.29, 0.717) is 5.56 Å². The summed E-state index contributed by atoms with van der Waals surface area (Å²) in [5, 5.41) is 9.73. The summed E-state index contributed by atoms with van der Waals surface area (Å²) in [5.41, 5.74) is 6.82. The molecule has 0 aliphatic heterocycles. The molecule has 2 rings (SSSR count). The van der Waals surface area contributed by atoms with Crippen LogP contribution in [0.25, 0.3) is 10.9 Å². The van der Waals surface area contributed by atoms with Gasteiger partial charge in [-0.25, -0.2) is 0 Å². The molecular formula is C11H10N2O2. The zero-order valence-corrected chi connectivity index (χ0v) is 7.92. The molecule has 0 unspecified atom stereocenters. The van der Waals surface area contributed by atoms with Crippen LogP contribution in [0.4, 0.5) is 0 Å². The molecule has 1 aromatic carbocycles. The minimum absolute atomic E-state index is 0.564. The number of fused-ring (bicyclic) bond motifs is 1. The maximum Gasteiger partial charge on any atom is 0.325 e. The Hall–Kier alpha value is -1.94. The maximum atomic E-state index is 10.7. The summed E-state index contributed by atoms with van der Waals surface area (Å²) in [4.78, 5) is 14.8. The van der Waals surface area contributed by atoms with Gasteiger partial charge in [0.25, 0.3) is 0 Å². The Balaban J connectivity index is 2.51. The second kappa shape index (κ2) is 3.67. The molecule has 4 heteroatoms. The fourth-order valence-electron chi connectivity index (χ4n) is 1.42. The number of carbonyl (C=O) groups is 1. The van der Waals surface area contributed by atoms with Gasteiger partial charge in [0.05, 0.1) is 5.52 Å². The molecule has 4 nitrogen and oxygen atoms in total. The van der Waals surface area contributed by atoms with Crippen molar-refractivity contribution >= 4 is 16.9 Å². The van der Waals surface area contributed by atoms with E-state index in [1.807, 2.05) is 18.2 Å². The van der Waals surface area contributed by atoms with Crippen molar-refractivity contribution in [3.8, 4) is 0 Å². The standard InChI is InChI=1S/C11H10N2O2/c12-10(11(14)15)8-4-3-7-2-1-5-13-9(7)6-8/h1-6,10H,12H2,(H,14,15)/t10-/m0/s1. The van der Waals surface area contributed by atoms with Crippen LogP contribution in [0.5, 0.6) is 0 Å². The van der Waals surface area contributed by atoms with E-state index in [9.17, 15) is 4.79 Å². The van der Waals surface area contributed by atoms with E-state index in [1.165, 1.54) is 0 Å². The number of nitrogens with two attached hydrogens (primary N) is 1. The quantitative estimate of drug-likeness (QED) is 0.770. The molecular weight excluding hydrogens is 192 g/mol. The highest BCUT2D eigenvalue weighted by atomic mass is 16.4. The van der Waals surface area contributed by atoms with Crippen molar-refractivity contribution in [1.82, 2.24) is 4.98 Å². The van der Waals surface area contributed by atoms with Crippen molar-refractivity contribution in [2.75, 3.05) is 0 Å². The molecule has 0 saturated carbocycles. The van der Waals surface area contributed by atoms with Crippen molar-refractivity contribution in [2.24, 2.45) is 5.73 Å². The van der Waals surface area contributed by atoms with Gasteiger partial charge in [-0.3, -0.25) is 9.78 Å². The van der Waals surface area contributed by atoms with Crippen LogP contribution in [0.3, 0.4) is 0 Å². The highest BCUT2D eigenvalue weighted by Crippen LogP contribution is 2.17. The summed E-state index contributed by atoms with van der Waals surface area (Å²) in [5.74, 6) is -1.04. The third kappa shape index (κ3) is 1.80. The zero-order chi connectivity index (χ0) is 10.8. The molecule has 0 bridgehead atoms. The Bertz CT molecular complexity index is 511. The van der Waals surface area contributed by atoms with Crippen LogP contribution in [-0.4, -0.2) is 16.1 Å². The van der Waals surface area contributed by atoms with Gasteiger partial charge in [-0.1, -0.05) is 18.2 Å². The average molecular weight is 202 g/mol. The molecule has 0 spiro atoms. The smallest absolute Gasteiger partial charge is 0.325 e. The first-order valence-electron chi connectivity index (χ1n) is 4.51. The molecule has 15 heavy (non-hydrogen) atoms. The lowest BCUT2D eigenvalue weighted by atomic mass is 10.1. The summed E-state index contributed by atoms with van der Waals surface area (Å²) >= 11 is 0. The molecule has 0 radical (unpaired) electrons. The first-order valence-corrected chi connectivity index (χ1v) is 4.51. The minimum Gasteiger partial charge on any atom is -0.480 e. The van der Waals surface area contributed by atoms with Gasteiger partial charge in [-0.15, -0.1) is 0 Å². The van der Waals surface area contributed by atoms with Crippen molar-refractivity contribution < 1.29 is 9.90 Å². The van der Waals surface area contributed by atoms with E-state index >= 15 is 0 Å². The predicted octanol–water partition coefficient (Wildman–Crippen LogP) is 1.32. The number of carboxylic acids is 1. The number of nitrogens with zero attached hydrogens (tertiary/aromatic N) is 1. The number of benzene rings is 1. The fourth-order valence-corrected chi connectivity index (χ4v) is 1.42. The number of hydrogen-bond acceptors (Lipinski definition) is 3. The monoisotopic (exact) mass is 202 g/mol. The lowest BCUT2D eigenvalue weighted by Crippen LogP contribution is -2.20. The van der Waals surface area contributed by atoms with Crippen LogP contribution >= 0.6 is 0 Å². The Morgan fingerprint density at radius 3 is 2.93 bits per heavy atom. The maximum absolute atomic E-state index is 10.7. The predicted molar refractivity (Wildman–Crippen MR) is 56.3 cm³/mol. The lowest BCUT2D eigenvalue weighted by molar-refractivity contribution is -0.138. The molecule has 1 aromatic heterocycles. The van der Waals surface area contributed by atoms with Gasteiger partial charge in [0.2, 0.25) is 0 Å². The minimum atomic E-state index is -1.04. The van der Waals surface area contributed by atoms with Crippen molar-refractivity contribution in [1.29, 1.82) is 0 Å². The highest BCUT2D eigenvalue weighted by molar-refractivity contribution is 5.82. The van der Waals surface area contributed by atoms with Crippen LogP contribution in [0, 0.1) is 0 Å². The van der Waals surface area contributed by atoms with E-state index in [1.54, 1.807) is 18.3 Å². The molecule has 1 heterocycles. The second-order valence-corrected chi connectivity index (χ2v) is 3.27. The van der Waals surface area contributed by atoms with E-state index in [-0.39, 0.29) is 0 Å². The summed E-state index contributed by atoms with van der Waals surface area (Å²) in [6.45, 7) is 0. The molecule has 3 N–H and O–H groups in total. The Kier molecular flexibility index (Phi) is 2.35. The Labute approximate surface area is 86.4 Å². The van der Waals surface area contributed by atoms with E-state index in [4.69, 9.17) is 10.8 Å². The molecule has 0 aliphatic carbocycles. The average Bonchev–Trinajstić information content (AvgIpc) is 2.27. The first-order chi connectivity index (χ1) is 7.18. The molecule has 0 saturated heterocycles. The van der Waals surface area contributed by atoms with Gasteiger partial charge < -0.3 is 10.8 Å². The lowest BCUT2D eigenvalue weighted by Gasteiger charge is -2.07. The second-order valence-electron chi connectivity index (χ2n) is 3.27. The van der Waals surface area contributed by atoms with Crippen molar-refractivity contribution in [3.63, 3.8) is 0 Å². The molecule has 76 valence electrons. The van der Waals surface area contributed by atoms with Crippen LogP contribution in [0.2, 0.25) is 0 Å². The van der Waals surface area contributed by atoms with Crippen LogP contribution in [-0.2, 0) is 4.79 Å². The van der Waals surface area contributed by atoms with Gasteiger partial charge >= 0.3 is 5.97 Å². The molecule has 1 atom stereocenters. The first kappa shape index (κ1) is 9.61.